The fraction of sp³-hybridized carbons (Fsp3) is 0.179. The van der Waals surface area contributed by atoms with E-state index < -0.39 is 0 Å². The Morgan fingerprint density at radius 1 is 1.06 bits per heavy atom. The zero-order valence-electron chi connectivity index (χ0n) is 19.4. The zero-order chi connectivity index (χ0) is 24.6. The number of hydrogen-bond acceptors (Lipinski definition) is 5. The summed E-state index contributed by atoms with van der Waals surface area (Å²) in [4.78, 5) is 27.3. The predicted octanol–water partition coefficient (Wildman–Crippen LogP) is 6.19. The van der Waals surface area contributed by atoms with Crippen molar-refractivity contribution in [1.82, 2.24) is 4.90 Å². The molecule has 0 radical (unpaired) electrons. The first kappa shape index (κ1) is 24.7. The van der Waals surface area contributed by atoms with E-state index in [4.69, 9.17) is 17.0 Å². The second kappa shape index (κ2) is 11.8. The van der Waals surface area contributed by atoms with Crippen molar-refractivity contribution in [2.75, 3.05) is 11.9 Å². The maximum Gasteiger partial charge on any atom is 0.266 e. The smallest absolute Gasteiger partial charge is 0.266 e. The molecule has 0 saturated carbocycles. The van der Waals surface area contributed by atoms with Gasteiger partial charge in [0.25, 0.3) is 5.91 Å². The number of hydrogen-bond donors (Lipinski definition) is 1. The Kier molecular flexibility index (Phi) is 8.34. The van der Waals surface area contributed by atoms with Crippen LogP contribution >= 0.6 is 24.0 Å². The lowest BCUT2D eigenvalue weighted by molar-refractivity contribution is -0.122. The molecular formula is C28H26N2O3S2. The molecule has 5 nitrogen and oxygen atoms in total. The lowest BCUT2D eigenvalue weighted by Gasteiger charge is -2.14. The normalized spacial score (nSPS) is 14.4. The van der Waals surface area contributed by atoms with Gasteiger partial charge in [0.2, 0.25) is 5.91 Å². The van der Waals surface area contributed by atoms with Gasteiger partial charge in [0.05, 0.1) is 4.91 Å². The number of aryl methyl sites for hydroxylation is 1. The molecule has 0 atom stereocenters. The predicted molar refractivity (Wildman–Crippen MR) is 146 cm³/mol. The maximum absolute atomic E-state index is 12.9. The Bertz CT molecular complexity index is 1240. The summed E-state index contributed by atoms with van der Waals surface area (Å²) in [5.74, 6) is 0.523. The highest BCUT2D eigenvalue weighted by Crippen LogP contribution is 2.33. The molecule has 1 aliphatic rings. The van der Waals surface area contributed by atoms with Gasteiger partial charge in [-0.3, -0.25) is 14.5 Å². The Labute approximate surface area is 215 Å². The van der Waals surface area contributed by atoms with Crippen molar-refractivity contribution in [3.63, 3.8) is 0 Å². The largest absolute Gasteiger partial charge is 0.489 e. The van der Waals surface area contributed by atoms with Crippen LogP contribution in [0.5, 0.6) is 5.75 Å². The van der Waals surface area contributed by atoms with Crippen molar-refractivity contribution in [1.29, 1.82) is 0 Å². The molecule has 1 N–H and O–H groups in total. The van der Waals surface area contributed by atoms with Crippen LogP contribution < -0.4 is 10.1 Å². The van der Waals surface area contributed by atoms with E-state index in [0.717, 1.165) is 28.1 Å². The first-order valence-electron chi connectivity index (χ1n) is 11.4. The van der Waals surface area contributed by atoms with Gasteiger partial charge < -0.3 is 10.1 Å². The van der Waals surface area contributed by atoms with Crippen molar-refractivity contribution in [2.45, 2.75) is 26.4 Å². The highest BCUT2D eigenvalue weighted by Gasteiger charge is 2.31. The SMILES string of the molecule is Cc1ccc(NC(=O)CCCN2C(=O)/C(=C/c3cccc(OCc4ccccc4)c3)SC2=S)cc1. The highest BCUT2D eigenvalue weighted by molar-refractivity contribution is 8.26. The summed E-state index contributed by atoms with van der Waals surface area (Å²) < 4.78 is 6.41. The zero-order valence-corrected chi connectivity index (χ0v) is 21.0. The van der Waals surface area contributed by atoms with Gasteiger partial charge in [-0.25, -0.2) is 0 Å². The van der Waals surface area contributed by atoms with E-state index in [1.165, 1.54) is 11.8 Å². The van der Waals surface area contributed by atoms with Gasteiger partial charge in [-0.2, -0.15) is 0 Å². The summed E-state index contributed by atoms with van der Waals surface area (Å²) in [6, 6.07) is 25.3. The van der Waals surface area contributed by atoms with E-state index in [2.05, 4.69) is 5.32 Å². The van der Waals surface area contributed by atoms with Crippen LogP contribution in [0.25, 0.3) is 6.08 Å². The Hall–Kier alpha value is -3.42. The van der Waals surface area contributed by atoms with Gasteiger partial charge in [-0.15, -0.1) is 0 Å². The number of thiocarbonyl (C=S) groups is 1. The van der Waals surface area contributed by atoms with Crippen LogP contribution in [-0.4, -0.2) is 27.6 Å². The van der Waals surface area contributed by atoms with Crippen LogP contribution in [0.2, 0.25) is 0 Å². The summed E-state index contributed by atoms with van der Waals surface area (Å²) in [6.07, 6.45) is 2.67. The van der Waals surface area contributed by atoms with Crippen LogP contribution in [0.15, 0.2) is 83.8 Å². The van der Waals surface area contributed by atoms with Crippen LogP contribution in [-0.2, 0) is 16.2 Å². The van der Waals surface area contributed by atoms with Gasteiger partial charge >= 0.3 is 0 Å². The molecule has 4 rings (SSSR count). The van der Waals surface area contributed by atoms with Gasteiger partial charge in [0.15, 0.2) is 0 Å². The molecule has 0 spiro atoms. The first-order chi connectivity index (χ1) is 17.0. The number of anilines is 1. The van der Waals surface area contributed by atoms with E-state index in [1.807, 2.05) is 91.9 Å². The number of benzene rings is 3. The van der Waals surface area contributed by atoms with Crippen molar-refractivity contribution in [2.24, 2.45) is 0 Å². The lowest BCUT2D eigenvalue weighted by Crippen LogP contribution is -2.29. The van der Waals surface area contributed by atoms with Crippen molar-refractivity contribution in [3.8, 4) is 5.75 Å². The molecule has 1 saturated heterocycles. The minimum Gasteiger partial charge on any atom is -0.489 e. The van der Waals surface area contributed by atoms with Gasteiger partial charge in [-0.1, -0.05) is 84.1 Å². The molecule has 1 aliphatic heterocycles. The first-order valence-corrected chi connectivity index (χ1v) is 12.6. The molecule has 2 amide bonds. The third-order valence-electron chi connectivity index (χ3n) is 5.40. The van der Waals surface area contributed by atoms with E-state index in [-0.39, 0.29) is 11.8 Å². The molecule has 3 aromatic rings. The van der Waals surface area contributed by atoms with E-state index in [1.54, 1.807) is 4.90 Å². The number of amides is 2. The second-order valence-corrected chi connectivity index (χ2v) is 9.87. The molecular weight excluding hydrogens is 476 g/mol. The number of carbonyl (C=O) groups excluding carboxylic acids is 2. The Morgan fingerprint density at radius 3 is 2.60 bits per heavy atom. The summed E-state index contributed by atoms with van der Waals surface area (Å²) in [5, 5.41) is 2.88. The fourth-order valence-electron chi connectivity index (χ4n) is 3.54. The standard InChI is InChI=1S/C28H26N2O3S2/c1-20-12-14-23(15-13-20)29-26(31)11-6-16-30-27(32)25(35-28(30)34)18-22-9-5-10-24(17-22)33-19-21-7-3-2-4-8-21/h2-5,7-10,12-15,17-18H,6,11,16,19H2,1H3,(H,29,31)/b25-18-. The minimum atomic E-state index is -0.130. The number of nitrogens with zero attached hydrogens (tertiary/aromatic N) is 1. The number of thioether (sulfide) groups is 1. The van der Waals surface area contributed by atoms with Crippen LogP contribution in [0.1, 0.15) is 29.5 Å². The number of nitrogens with one attached hydrogen (secondary N) is 1. The van der Waals surface area contributed by atoms with Crippen LogP contribution in [0.4, 0.5) is 5.69 Å². The molecule has 3 aromatic carbocycles. The molecule has 1 heterocycles. The summed E-state index contributed by atoms with van der Waals surface area (Å²) >= 11 is 6.71. The molecule has 7 heteroatoms. The van der Waals surface area contributed by atoms with E-state index in [9.17, 15) is 9.59 Å². The van der Waals surface area contributed by atoms with Gasteiger partial charge in [-0.05, 0) is 54.8 Å². The quantitative estimate of drug-likeness (QED) is 0.279. The Morgan fingerprint density at radius 2 is 1.83 bits per heavy atom. The van der Waals surface area contributed by atoms with Crippen molar-refractivity contribution < 1.29 is 14.3 Å². The topological polar surface area (TPSA) is 58.6 Å². The molecule has 178 valence electrons. The number of rotatable bonds is 9. The number of ether oxygens (including phenoxy) is 1. The van der Waals surface area contributed by atoms with E-state index in [0.29, 0.717) is 35.2 Å². The molecule has 0 unspecified atom stereocenters. The minimum absolute atomic E-state index is 0.0813. The third kappa shape index (κ3) is 7.04. The highest BCUT2D eigenvalue weighted by atomic mass is 32.2. The fourth-order valence-corrected chi connectivity index (χ4v) is 4.85. The average molecular weight is 503 g/mol. The monoisotopic (exact) mass is 502 g/mol. The van der Waals surface area contributed by atoms with Crippen molar-refractivity contribution in [3.05, 3.63) is 100 Å². The van der Waals surface area contributed by atoms with Crippen LogP contribution in [0, 0.1) is 6.92 Å². The summed E-state index contributed by atoms with van der Waals surface area (Å²) in [7, 11) is 0. The van der Waals surface area contributed by atoms with E-state index >= 15 is 0 Å². The summed E-state index contributed by atoms with van der Waals surface area (Å²) in [5.41, 5.74) is 3.86. The molecule has 0 aliphatic carbocycles. The van der Waals surface area contributed by atoms with Gasteiger partial charge in [0.1, 0.15) is 16.7 Å². The lowest BCUT2D eigenvalue weighted by atomic mass is 10.2. The average Bonchev–Trinajstić information content (AvgIpc) is 3.12. The molecule has 0 aromatic heterocycles. The molecule has 1 fully saturated rings. The third-order valence-corrected chi connectivity index (χ3v) is 6.78. The maximum atomic E-state index is 12.9. The molecule has 35 heavy (non-hydrogen) atoms. The number of carbonyl (C=O) groups is 2. The second-order valence-electron chi connectivity index (χ2n) is 8.20. The summed E-state index contributed by atoms with van der Waals surface area (Å²) in [6.45, 7) is 2.88. The Balaban J connectivity index is 1.30. The van der Waals surface area contributed by atoms with Gasteiger partial charge in [0, 0.05) is 18.7 Å². The van der Waals surface area contributed by atoms with Crippen LogP contribution in [0.3, 0.4) is 0 Å². The van der Waals surface area contributed by atoms with Crippen molar-refractivity contribution >= 4 is 51.9 Å². The molecule has 0 bridgehead atoms.